The molecule has 16 nitrogen and oxygen atoms in total. The molecule has 0 aliphatic rings. The van der Waals surface area contributed by atoms with Crippen molar-refractivity contribution in [1.29, 1.82) is 0 Å². The molecule has 1 aromatic rings. The first kappa shape index (κ1) is 29.0. The Morgan fingerprint density at radius 2 is 1.40 bits per heavy atom. The Morgan fingerprint density at radius 1 is 0.857 bits per heavy atom. The molecule has 10 N–H and O–H groups in total. The molecule has 4 atom stereocenters. The lowest BCUT2D eigenvalue weighted by Crippen LogP contribution is -2.58. The normalized spacial score (nSPS) is 14.1. The number of carbonyl (C=O) groups is 6. The van der Waals surface area contributed by atoms with Gasteiger partial charge in [0, 0.05) is 31.2 Å². The fourth-order valence-corrected chi connectivity index (χ4v) is 2.78. The van der Waals surface area contributed by atoms with Gasteiger partial charge in [-0.1, -0.05) is 0 Å². The number of rotatable bonds is 16. The van der Waals surface area contributed by atoms with Crippen molar-refractivity contribution in [3.8, 4) is 0 Å². The average molecular weight is 500 g/mol. The molecule has 0 fully saturated rings. The minimum atomic E-state index is -1.56. The highest BCUT2D eigenvalue weighted by molar-refractivity contribution is 5.94. The van der Waals surface area contributed by atoms with E-state index >= 15 is 0 Å². The van der Waals surface area contributed by atoms with Crippen LogP contribution in [0, 0.1) is 0 Å². The minimum Gasteiger partial charge on any atom is -0.481 e. The number of carboxylic acids is 3. The van der Waals surface area contributed by atoms with E-state index in [2.05, 4.69) is 25.9 Å². The summed E-state index contributed by atoms with van der Waals surface area (Å²) in [5.74, 6) is -6.82. The van der Waals surface area contributed by atoms with E-state index in [1.54, 1.807) is 0 Å². The van der Waals surface area contributed by atoms with E-state index in [9.17, 15) is 39.0 Å². The molecular formula is C19H28N6O10. The number of carbonyl (C=O) groups excluding carboxylic acids is 3. The fourth-order valence-electron chi connectivity index (χ4n) is 2.78. The molecule has 0 aliphatic carbocycles. The molecule has 0 bridgehead atoms. The smallest absolute Gasteiger partial charge is 0.326 e. The first-order chi connectivity index (χ1) is 16.4. The highest BCUT2D eigenvalue weighted by Crippen LogP contribution is 2.04. The maximum atomic E-state index is 12.8. The van der Waals surface area contributed by atoms with Crippen LogP contribution >= 0.6 is 0 Å². The Balaban J connectivity index is 2.92. The Labute approximate surface area is 198 Å². The van der Waals surface area contributed by atoms with Crippen molar-refractivity contribution in [1.82, 2.24) is 25.9 Å². The topological polar surface area (TPSA) is 274 Å². The van der Waals surface area contributed by atoms with Crippen LogP contribution in [-0.2, 0) is 35.2 Å². The second-order valence-electron chi connectivity index (χ2n) is 7.46. The van der Waals surface area contributed by atoms with Gasteiger partial charge in [0.2, 0.25) is 17.7 Å². The molecule has 1 aromatic heterocycles. The lowest BCUT2D eigenvalue weighted by atomic mass is 10.1. The molecule has 1 heterocycles. The number of aromatic amines is 1. The van der Waals surface area contributed by atoms with E-state index in [0.717, 1.165) is 0 Å². The van der Waals surface area contributed by atoms with Crippen LogP contribution in [0.1, 0.15) is 31.4 Å². The molecule has 3 amide bonds. The van der Waals surface area contributed by atoms with Crippen LogP contribution in [0.3, 0.4) is 0 Å². The van der Waals surface area contributed by atoms with E-state index in [4.69, 9.17) is 15.9 Å². The fraction of sp³-hybridized carbons (Fsp3) is 0.526. The van der Waals surface area contributed by atoms with E-state index in [1.165, 1.54) is 12.5 Å². The number of nitrogens with one attached hydrogen (secondary N) is 4. The van der Waals surface area contributed by atoms with Crippen molar-refractivity contribution >= 4 is 35.6 Å². The van der Waals surface area contributed by atoms with Crippen molar-refractivity contribution in [2.24, 2.45) is 5.73 Å². The lowest BCUT2D eigenvalue weighted by molar-refractivity contribution is -0.143. The summed E-state index contributed by atoms with van der Waals surface area (Å²) in [4.78, 5) is 76.8. The molecule has 4 unspecified atom stereocenters. The van der Waals surface area contributed by atoms with E-state index in [-0.39, 0.29) is 12.8 Å². The van der Waals surface area contributed by atoms with Crippen LogP contribution in [0.5, 0.6) is 0 Å². The van der Waals surface area contributed by atoms with E-state index in [0.29, 0.717) is 5.69 Å². The first-order valence-corrected chi connectivity index (χ1v) is 10.4. The summed E-state index contributed by atoms with van der Waals surface area (Å²) < 4.78 is 0. The van der Waals surface area contributed by atoms with Crippen LogP contribution < -0.4 is 21.7 Å². The molecule has 35 heavy (non-hydrogen) atoms. The number of aliphatic carboxylic acids is 3. The van der Waals surface area contributed by atoms with Crippen LogP contribution in [0.2, 0.25) is 0 Å². The minimum absolute atomic E-state index is 0.187. The number of aliphatic hydroxyl groups is 1. The summed E-state index contributed by atoms with van der Waals surface area (Å²) in [5, 5.41) is 42.8. The van der Waals surface area contributed by atoms with Gasteiger partial charge in [-0.05, 0) is 12.8 Å². The van der Waals surface area contributed by atoms with Gasteiger partial charge in [-0.2, -0.15) is 0 Å². The van der Waals surface area contributed by atoms with E-state index < -0.39 is 85.7 Å². The molecule has 16 heteroatoms. The number of nitrogens with two attached hydrogens (primary N) is 1. The Bertz CT molecular complexity index is 906. The number of amides is 3. The molecular weight excluding hydrogens is 472 g/mol. The molecule has 1 rings (SSSR count). The third kappa shape index (κ3) is 10.6. The van der Waals surface area contributed by atoms with Gasteiger partial charge in [-0.25, -0.2) is 9.78 Å². The molecule has 194 valence electrons. The van der Waals surface area contributed by atoms with Gasteiger partial charge in [0.25, 0.3) is 0 Å². The number of imidazole rings is 1. The van der Waals surface area contributed by atoms with Gasteiger partial charge >= 0.3 is 17.9 Å². The number of aliphatic hydroxyl groups excluding tert-OH is 1. The van der Waals surface area contributed by atoms with Gasteiger partial charge in [-0.3, -0.25) is 24.0 Å². The summed E-state index contributed by atoms with van der Waals surface area (Å²) in [7, 11) is 0. The molecule has 0 aliphatic heterocycles. The standard InChI is InChI=1S/C19H28N6O10/c20-10(1-3-14(27)28)16(31)25-13(7-26)18(33)24-12(5-9-6-21-8-22-9)17(32)23-11(19(34)35)2-4-15(29)30/h6,8,10-13,26H,1-5,7,20H2,(H,21,22)(H,23,32)(H,24,33)(H,25,31)(H,27,28)(H,29,30)(H,34,35). The molecule has 0 spiro atoms. The Kier molecular flexibility index (Phi) is 11.8. The third-order valence-corrected chi connectivity index (χ3v) is 4.69. The maximum Gasteiger partial charge on any atom is 0.326 e. The first-order valence-electron chi connectivity index (χ1n) is 10.4. The van der Waals surface area contributed by atoms with Crippen LogP contribution in [0.15, 0.2) is 12.5 Å². The zero-order chi connectivity index (χ0) is 26.5. The SMILES string of the molecule is NC(CCC(=O)O)C(=O)NC(CO)C(=O)NC(Cc1cnc[nH]1)C(=O)NC(CCC(=O)O)C(=O)O. The van der Waals surface area contributed by atoms with Gasteiger partial charge in [0.05, 0.1) is 19.0 Å². The second-order valence-corrected chi connectivity index (χ2v) is 7.46. The zero-order valence-electron chi connectivity index (χ0n) is 18.5. The number of nitrogens with zero attached hydrogens (tertiary/aromatic N) is 1. The van der Waals surface area contributed by atoms with Crippen molar-refractivity contribution in [3.63, 3.8) is 0 Å². The van der Waals surface area contributed by atoms with Crippen LogP contribution in [0.25, 0.3) is 0 Å². The summed E-state index contributed by atoms with van der Waals surface area (Å²) in [6.45, 7) is -0.891. The average Bonchev–Trinajstić information content (AvgIpc) is 3.30. The molecule has 0 radical (unpaired) electrons. The van der Waals surface area contributed by atoms with Gasteiger partial charge in [-0.15, -0.1) is 0 Å². The summed E-state index contributed by atoms with van der Waals surface area (Å²) in [5.41, 5.74) is 5.96. The lowest BCUT2D eigenvalue weighted by Gasteiger charge is -2.24. The third-order valence-electron chi connectivity index (χ3n) is 4.69. The number of hydrogen-bond donors (Lipinski definition) is 9. The van der Waals surface area contributed by atoms with Crippen LogP contribution in [-0.4, -0.2) is 96.8 Å². The van der Waals surface area contributed by atoms with Gasteiger partial charge in [0.1, 0.15) is 18.1 Å². The van der Waals surface area contributed by atoms with Crippen LogP contribution in [0.4, 0.5) is 0 Å². The number of H-pyrrole nitrogens is 1. The maximum absolute atomic E-state index is 12.8. The second kappa shape index (κ2) is 14.3. The molecule has 0 aromatic carbocycles. The van der Waals surface area contributed by atoms with Crippen molar-refractivity contribution in [2.45, 2.75) is 56.3 Å². The van der Waals surface area contributed by atoms with E-state index in [1.807, 2.05) is 0 Å². The number of carboxylic acid groups (broad SMARTS) is 3. The van der Waals surface area contributed by atoms with Crippen molar-refractivity contribution < 1.29 is 49.2 Å². The van der Waals surface area contributed by atoms with Crippen molar-refractivity contribution in [2.75, 3.05) is 6.61 Å². The monoisotopic (exact) mass is 500 g/mol. The number of hydrogen-bond acceptors (Lipinski definition) is 9. The molecule has 0 saturated heterocycles. The highest BCUT2D eigenvalue weighted by Gasteiger charge is 2.30. The van der Waals surface area contributed by atoms with Gasteiger partial charge < -0.3 is 47.1 Å². The predicted molar refractivity (Wildman–Crippen MR) is 115 cm³/mol. The quantitative estimate of drug-likeness (QED) is 0.107. The number of aromatic nitrogens is 2. The summed E-state index contributed by atoms with van der Waals surface area (Å²) >= 11 is 0. The highest BCUT2D eigenvalue weighted by atomic mass is 16.4. The summed E-state index contributed by atoms with van der Waals surface area (Å²) in [6, 6.07) is -5.79. The molecule has 0 saturated carbocycles. The zero-order valence-corrected chi connectivity index (χ0v) is 18.5. The Morgan fingerprint density at radius 3 is 1.91 bits per heavy atom. The Hall–Kier alpha value is -4.05. The largest absolute Gasteiger partial charge is 0.481 e. The predicted octanol–water partition coefficient (Wildman–Crippen LogP) is -3.46. The van der Waals surface area contributed by atoms with Gasteiger partial charge in [0.15, 0.2) is 0 Å². The summed E-state index contributed by atoms with van der Waals surface area (Å²) in [6.07, 6.45) is 0.891. The van der Waals surface area contributed by atoms with Crippen molar-refractivity contribution in [3.05, 3.63) is 18.2 Å².